The molecule has 0 aliphatic rings. The smallest absolute Gasteiger partial charge is 0.127 e. The molecule has 0 amide bonds. The molecule has 6 heteroatoms. The van der Waals surface area contributed by atoms with Crippen LogP contribution >= 0.6 is 0 Å². The van der Waals surface area contributed by atoms with Crippen LogP contribution in [0.3, 0.4) is 0 Å². The summed E-state index contributed by atoms with van der Waals surface area (Å²) in [6.07, 6.45) is 4.41. The molecule has 13 aromatic rings. The Morgan fingerprint density at radius 3 is 0.852 bits per heavy atom. The van der Waals surface area contributed by atoms with Crippen molar-refractivity contribution < 1.29 is 18.9 Å². The average molecular weight is 1140 g/mol. The maximum absolute atomic E-state index is 6.22. The number of benzene rings is 13. The van der Waals surface area contributed by atoms with E-state index in [-0.39, 0.29) is 0 Å². The van der Waals surface area contributed by atoms with E-state index in [2.05, 4.69) is 289 Å². The van der Waals surface area contributed by atoms with E-state index in [1.165, 1.54) is 0 Å². The minimum atomic E-state index is 0.736. The third-order valence-corrected chi connectivity index (χ3v) is 16.3. The number of hydrogen-bond donors (Lipinski definition) is 0. The van der Waals surface area contributed by atoms with Gasteiger partial charge in [0.05, 0.1) is 28.4 Å². The normalized spacial score (nSPS) is 11.5. The maximum Gasteiger partial charge on any atom is 0.127 e. The second-order valence-corrected chi connectivity index (χ2v) is 21.5. The number of anilines is 6. The van der Waals surface area contributed by atoms with E-state index in [0.29, 0.717) is 0 Å². The molecule has 0 aliphatic heterocycles. The summed E-state index contributed by atoms with van der Waals surface area (Å²) in [5.41, 5.74) is 18.6. The highest BCUT2D eigenvalue weighted by atomic mass is 16.5. The molecule has 6 nitrogen and oxygen atoms in total. The molecule has 0 aliphatic carbocycles. The van der Waals surface area contributed by atoms with Gasteiger partial charge >= 0.3 is 0 Å². The van der Waals surface area contributed by atoms with E-state index in [1.54, 1.807) is 28.4 Å². The van der Waals surface area contributed by atoms with Crippen molar-refractivity contribution in [3.8, 4) is 45.3 Å². The summed E-state index contributed by atoms with van der Waals surface area (Å²) >= 11 is 0. The van der Waals surface area contributed by atoms with E-state index >= 15 is 0 Å². The molecule has 0 saturated heterocycles. The second kappa shape index (κ2) is 25.5. The van der Waals surface area contributed by atoms with Crippen LogP contribution in [-0.4, -0.2) is 28.4 Å². The monoisotopic (exact) mass is 1140 g/mol. The number of para-hydroxylation sites is 4. The van der Waals surface area contributed by atoms with Crippen molar-refractivity contribution >= 4 is 79.0 Å². The molecule has 0 radical (unpaired) electrons. The van der Waals surface area contributed by atoms with Crippen molar-refractivity contribution in [2.45, 2.75) is 0 Å². The zero-order chi connectivity index (χ0) is 59.8. The van der Waals surface area contributed by atoms with E-state index < -0.39 is 0 Å². The van der Waals surface area contributed by atoms with Crippen LogP contribution in [0, 0.1) is 0 Å². The van der Waals surface area contributed by atoms with E-state index in [4.69, 9.17) is 18.9 Å². The molecule has 0 unspecified atom stereocenters. The van der Waals surface area contributed by atoms with Crippen LogP contribution in [0.25, 0.3) is 67.1 Å². The largest absolute Gasteiger partial charge is 0.496 e. The van der Waals surface area contributed by atoms with Gasteiger partial charge in [0.2, 0.25) is 0 Å². The fraction of sp³-hybridized carbons (Fsp3) is 0.0488. The molecule has 88 heavy (non-hydrogen) atoms. The third-order valence-electron chi connectivity index (χ3n) is 16.3. The molecular formula is C82H64N2O4. The van der Waals surface area contributed by atoms with E-state index in [9.17, 15) is 0 Å². The minimum absolute atomic E-state index is 0.736. The van der Waals surface area contributed by atoms with Crippen LogP contribution < -0.4 is 28.7 Å². The standard InChI is InChI=1S/C82H64N2O4/c1-85-79-55-77(81(87-3)53-65(79)51-75(57-23-11-5-12-24-57)59-37-43-71(44-38-59)83(67-27-15-7-16-28-67)68-29-17-8-18-30-68)63-41-47-73-61(49-63)35-36-62-50-64(42-48-74(62)73)78-56-80(86-2)66(54-82(78)88-4)52-76(58-25-13-6-14-26-58)60-39-45-72(46-40-60)84(69-31-19-9-20-32-69)70-33-21-10-22-34-70/h5-56H,1-4H3. The van der Waals surface area contributed by atoms with Crippen molar-refractivity contribution in [1.82, 2.24) is 0 Å². The van der Waals surface area contributed by atoms with Crippen LogP contribution in [0.5, 0.6) is 23.0 Å². The lowest BCUT2D eigenvalue weighted by molar-refractivity contribution is 0.403. The third kappa shape index (κ3) is 11.5. The molecule has 0 fully saturated rings. The Labute approximate surface area is 515 Å². The highest BCUT2D eigenvalue weighted by Gasteiger charge is 2.20. The van der Waals surface area contributed by atoms with Crippen LogP contribution in [0.4, 0.5) is 34.1 Å². The zero-order valence-electron chi connectivity index (χ0n) is 49.5. The lowest BCUT2D eigenvalue weighted by atomic mass is 9.92. The lowest BCUT2D eigenvalue weighted by Gasteiger charge is -2.25. The molecule has 0 spiro atoms. The van der Waals surface area contributed by atoms with Crippen LogP contribution in [0.1, 0.15) is 33.4 Å². The first-order chi connectivity index (χ1) is 43.4. The van der Waals surface area contributed by atoms with Crippen molar-refractivity contribution in [3.63, 3.8) is 0 Å². The Hall–Kier alpha value is -11.3. The van der Waals surface area contributed by atoms with Crippen molar-refractivity contribution in [1.29, 1.82) is 0 Å². The molecule has 0 bridgehead atoms. The van der Waals surface area contributed by atoms with Crippen LogP contribution in [0.15, 0.2) is 303 Å². The number of rotatable bonds is 18. The van der Waals surface area contributed by atoms with Gasteiger partial charge in [0.1, 0.15) is 23.0 Å². The van der Waals surface area contributed by atoms with Crippen LogP contribution in [-0.2, 0) is 0 Å². The summed E-state index contributed by atoms with van der Waals surface area (Å²) < 4.78 is 24.9. The van der Waals surface area contributed by atoms with Gasteiger partial charge in [-0.25, -0.2) is 0 Å². The summed E-state index contributed by atoms with van der Waals surface area (Å²) in [7, 11) is 6.93. The number of hydrogen-bond acceptors (Lipinski definition) is 6. The Morgan fingerprint density at radius 1 is 0.261 bits per heavy atom. The van der Waals surface area contributed by atoms with Gasteiger partial charge in [-0.05, 0) is 187 Å². The molecule has 13 rings (SSSR count). The minimum Gasteiger partial charge on any atom is -0.496 e. The Morgan fingerprint density at radius 2 is 0.545 bits per heavy atom. The summed E-state index contributed by atoms with van der Waals surface area (Å²) in [5, 5.41) is 4.51. The predicted molar refractivity (Wildman–Crippen MR) is 368 cm³/mol. The first-order valence-electron chi connectivity index (χ1n) is 29.5. The first-order valence-corrected chi connectivity index (χ1v) is 29.5. The summed E-state index contributed by atoms with van der Waals surface area (Å²) in [5.74, 6) is 2.96. The molecule has 0 saturated carbocycles. The Kier molecular flexibility index (Phi) is 16.2. The fourth-order valence-corrected chi connectivity index (χ4v) is 11.9. The fourth-order valence-electron chi connectivity index (χ4n) is 11.9. The van der Waals surface area contributed by atoms with Gasteiger partial charge in [-0.2, -0.15) is 0 Å². The first kappa shape index (κ1) is 55.8. The van der Waals surface area contributed by atoms with Crippen molar-refractivity contribution in [2.75, 3.05) is 38.2 Å². The van der Waals surface area contributed by atoms with Gasteiger partial charge in [-0.15, -0.1) is 0 Å². The lowest BCUT2D eigenvalue weighted by Crippen LogP contribution is -2.09. The molecule has 0 aromatic heterocycles. The van der Waals surface area contributed by atoms with Crippen LogP contribution in [0.2, 0.25) is 0 Å². The number of nitrogens with zero attached hydrogens (tertiary/aromatic N) is 2. The SMILES string of the molecule is COc1cc(-c2ccc3c(ccc4cc(-c5cc(OC)c(C=C(c6ccccc6)c6ccc(N(c7ccccc7)c7ccccc7)cc6)cc5OC)ccc43)c2)c(OC)cc1C=C(c1ccccc1)c1ccc(N(c2ccccc2)c2ccccc2)cc1. The van der Waals surface area contributed by atoms with E-state index in [1.807, 2.05) is 36.4 Å². The topological polar surface area (TPSA) is 43.4 Å². The number of ether oxygens (including phenoxy) is 4. The van der Waals surface area contributed by atoms with Gasteiger partial charge < -0.3 is 28.7 Å². The molecule has 13 aromatic carbocycles. The maximum atomic E-state index is 6.22. The average Bonchev–Trinajstić information content (AvgIpc) is 1.21. The highest BCUT2D eigenvalue weighted by Crippen LogP contribution is 2.45. The molecule has 0 atom stereocenters. The molecule has 0 heterocycles. The quantitative estimate of drug-likeness (QED) is 0.0630. The van der Waals surface area contributed by atoms with Gasteiger partial charge in [-0.3, -0.25) is 0 Å². The van der Waals surface area contributed by atoms with Crippen molar-refractivity contribution in [3.05, 3.63) is 337 Å². The van der Waals surface area contributed by atoms with Gasteiger partial charge in [0, 0.05) is 56.4 Å². The molecule has 426 valence electrons. The molecular weight excluding hydrogens is 1080 g/mol. The number of methoxy groups -OCH3 is 4. The van der Waals surface area contributed by atoms with Gasteiger partial charge in [-0.1, -0.05) is 194 Å². The van der Waals surface area contributed by atoms with Gasteiger partial charge in [0.25, 0.3) is 0 Å². The highest BCUT2D eigenvalue weighted by molar-refractivity contribution is 6.10. The van der Waals surface area contributed by atoms with E-state index in [0.717, 1.165) is 145 Å². The molecule has 0 N–H and O–H groups in total. The van der Waals surface area contributed by atoms with Gasteiger partial charge in [0.15, 0.2) is 0 Å². The van der Waals surface area contributed by atoms with Crippen molar-refractivity contribution in [2.24, 2.45) is 0 Å². The second-order valence-electron chi connectivity index (χ2n) is 21.5. The Bertz CT molecular complexity index is 4240. The summed E-state index contributed by atoms with van der Waals surface area (Å²) in [6.45, 7) is 0. The Balaban J connectivity index is 0.808. The summed E-state index contributed by atoms with van der Waals surface area (Å²) in [4.78, 5) is 4.55. The summed E-state index contributed by atoms with van der Waals surface area (Å²) in [6, 6.07) is 106. The number of fused-ring (bicyclic) bond motifs is 3. The predicted octanol–water partition coefficient (Wildman–Crippen LogP) is 21.5. The zero-order valence-corrected chi connectivity index (χ0v) is 49.5.